The summed E-state index contributed by atoms with van der Waals surface area (Å²) in [6, 6.07) is 13.8. The number of benzene rings is 2. The summed E-state index contributed by atoms with van der Waals surface area (Å²) in [6.45, 7) is 6.59. The molecule has 10 heteroatoms. The maximum atomic E-state index is 13.2. The summed E-state index contributed by atoms with van der Waals surface area (Å²) in [5.41, 5.74) is 1.33. The Hall–Kier alpha value is -2.59. The molecule has 0 aromatic heterocycles. The van der Waals surface area contributed by atoms with E-state index in [2.05, 4.69) is 21.2 Å². The lowest BCUT2D eigenvalue weighted by Gasteiger charge is -2.29. The van der Waals surface area contributed by atoms with Gasteiger partial charge in [0.15, 0.2) is 0 Å². The number of carbonyl (C=O) groups excluding carboxylic acids is 2. The number of hydrogen-bond acceptors (Lipinski definition) is 5. The molecular weight excluding hydrogens is 534 g/mol. The van der Waals surface area contributed by atoms with E-state index in [1.807, 2.05) is 38.1 Å². The summed E-state index contributed by atoms with van der Waals surface area (Å²) in [7, 11) is -3.61. The molecule has 0 fully saturated rings. The van der Waals surface area contributed by atoms with Crippen molar-refractivity contribution in [1.82, 2.24) is 10.2 Å². The van der Waals surface area contributed by atoms with Gasteiger partial charge in [-0.3, -0.25) is 13.9 Å². The van der Waals surface area contributed by atoms with Crippen LogP contribution in [-0.4, -0.2) is 57.1 Å². The lowest BCUT2D eigenvalue weighted by Crippen LogP contribution is -2.47. The zero-order valence-electron chi connectivity index (χ0n) is 20.7. The Morgan fingerprint density at radius 1 is 1.09 bits per heavy atom. The van der Waals surface area contributed by atoms with Gasteiger partial charge >= 0.3 is 0 Å². The number of halogens is 1. The Kier molecular flexibility index (Phi) is 11.0. The molecule has 192 valence electrons. The van der Waals surface area contributed by atoms with Crippen LogP contribution in [0.25, 0.3) is 0 Å². The lowest BCUT2D eigenvalue weighted by molar-refractivity contribution is -0.140. The van der Waals surface area contributed by atoms with E-state index in [-0.39, 0.29) is 37.7 Å². The average Bonchev–Trinajstić information content (AvgIpc) is 2.81. The molecule has 2 rings (SSSR count). The first-order valence-electron chi connectivity index (χ1n) is 11.6. The minimum Gasteiger partial charge on any atom is -0.492 e. The first-order valence-corrected chi connectivity index (χ1v) is 14.2. The molecule has 0 heterocycles. The quantitative estimate of drug-likeness (QED) is 0.395. The van der Waals surface area contributed by atoms with E-state index in [4.69, 9.17) is 4.74 Å². The molecule has 0 unspecified atom stereocenters. The van der Waals surface area contributed by atoms with Crippen LogP contribution in [0.5, 0.6) is 5.75 Å². The molecule has 2 amide bonds. The third-order valence-electron chi connectivity index (χ3n) is 5.37. The summed E-state index contributed by atoms with van der Waals surface area (Å²) >= 11 is 3.40. The van der Waals surface area contributed by atoms with Gasteiger partial charge in [-0.2, -0.15) is 0 Å². The molecule has 0 aliphatic rings. The van der Waals surface area contributed by atoms with Gasteiger partial charge in [0.25, 0.3) is 0 Å². The number of likely N-dealkylation sites (N-methyl/N-ethyl adjacent to an activating group) is 1. The van der Waals surface area contributed by atoms with Crippen LogP contribution >= 0.6 is 15.9 Å². The number of nitrogens with one attached hydrogen (secondary N) is 1. The Morgan fingerprint density at radius 3 is 2.34 bits per heavy atom. The van der Waals surface area contributed by atoms with Crippen molar-refractivity contribution in [3.05, 3.63) is 58.6 Å². The van der Waals surface area contributed by atoms with E-state index in [9.17, 15) is 18.0 Å². The molecule has 0 saturated carbocycles. The zero-order chi connectivity index (χ0) is 26.0. The van der Waals surface area contributed by atoms with Crippen molar-refractivity contribution >= 4 is 43.5 Å². The van der Waals surface area contributed by atoms with Crippen LogP contribution in [0, 0.1) is 0 Å². The van der Waals surface area contributed by atoms with E-state index in [0.717, 1.165) is 16.3 Å². The molecule has 35 heavy (non-hydrogen) atoms. The maximum Gasteiger partial charge on any atom is 0.242 e. The van der Waals surface area contributed by atoms with Gasteiger partial charge in [-0.05, 0) is 57.0 Å². The van der Waals surface area contributed by atoms with E-state index in [1.165, 1.54) is 9.21 Å². The number of hydrogen-bond donors (Lipinski definition) is 1. The predicted octanol–water partition coefficient (Wildman–Crippen LogP) is 3.95. The Balaban J connectivity index is 2.18. The van der Waals surface area contributed by atoms with Crippen molar-refractivity contribution in [3.63, 3.8) is 0 Å². The van der Waals surface area contributed by atoms with Gasteiger partial charge < -0.3 is 15.0 Å². The highest BCUT2D eigenvalue weighted by Crippen LogP contribution is 2.30. The smallest absolute Gasteiger partial charge is 0.242 e. The number of sulfonamides is 1. The SMILES string of the molecule is CCNC(=O)[C@H](C)N(Cc1ccc(Br)cc1)C(=O)CCCN(c1ccccc1OCC)S(C)(=O)=O. The fourth-order valence-corrected chi connectivity index (χ4v) is 4.85. The van der Waals surface area contributed by atoms with Gasteiger partial charge in [-0.1, -0.05) is 40.2 Å². The lowest BCUT2D eigenvalue weighted by atomic mass is 10.1. The molecule has 0 spiro atoms. The molecule has 2 aromatic rings. The molecule has 0 aliphatic heterocycles. The van der Waals surface area contributed by atoms with E-state index >= 15 is 0 Å². The van der Waals surface area contributed by atoms with Crippen LogP contribution < -0.4 is 14.4 Å². The Bertz CT molecular complexity index is 1090. The standard InChI is InChI=1S/C25H34BrN3O5S/c1-5-27-25(31)19(3)28(18-20-13-15-21(26)16-14-20)24(30)12-9-17-29(35(4,32)33)22-10-7-8-11-23(22)34-6-2/h7-8,10-11,13-16,19H,5-6,9,12,17-18H2,1-4H3,(H,27,31)/t19-/m0/s1. The summed E-state index contributed by atoms with van der Waals surface area (Å²) in [6.07, 6.45) is 1.50. The summed E-state index contributed by atoms with van der Waals surface area (Å²) in [5, 5.41) is 2.77. The second-order valence-electron chi connectivity index (χ2n) is 8.06. The van der Waals surface area contributed by atoms with Crippen LogP contribution in [0.15, 0.2) is 53.0 Å². The largest absolute Gasteiger partial charge is 0.492 e. The normalized spacial score (nSPS) is 12.0. The van der Waals surface area contributed by atoms with E-state index < -0.39 is 16.1 Å². The number of para-hydroxylation sites is 2. The van der Waals surface area contributed by atoms with E-state index in [0.29, 0.717) is 24.6 Å². The molecule has 0 saturated heterocycles. The molecule has 0 bridgehead atoms. The second kappa shape index (κ2) is 13.5. The van der Waals surface area contributed by atoms with Crippen molar-refractivity contribution in [2.45, 2.75) is 46.2 Å². The van der Waals surface area contributed by atoms with Gasteiger partial charge in [0, 0.05) is 30.5 Å². The van der Waals surface area contributed by atoms with Gasteiger partial charge in [-0.25, -0.2) is 8.42 Å². The molecule has 0 aliphatic carbocycles. The van der Waals surface area contributed by atoms with Crippen LogP contribution in [0.3, 0.4) is 0 Å². The number of nitrogens with zero attached hydrogens (tertiary/aromatic N) is 2. The Morgan fingerprint density at radius 2 is 1.74 bits per heavy atom. The summed E-state index contributed by atoms with van der Waals surface area (Å²) in [5.74, 6) is 0.00746. The van der Waals surface area contributed by atoms with E-state index in [1.54, 1.807) is 31.2 Å². The first-order chi connectivity index (χ1) is 16.6. The van der Waals surface area contributed by atoms with Gasteiger partial charge in [-0.15, -0.1) is 0 Å². The highest BCUT2D eigenvalue weighted by Gasteiger charge is 2.27. The number of amides is 2. The predicted molar refractivity (Wildman–Crippen MR) is 142 cm³/mol. The topological polar surface area (TPSA) is 96.0 Å². The molecule has 1 atom stereocenters. The second-order valence-corrected chi connectivity index (χ2v) is 10.9. The molecule has 8 nitrogen and oxygen atoms in total. The highest BCUT2D eigenvalue weighted by atomic mass is 79.9. The minimum absolute atomic E-state index is 0.0864. The van der Waals surface area contributed by atoms with Crippen molar-refractivity contribution < 1.29 is 22.7 Å². The number of carbonyl (C=O) groups is 2. The van der Waals surface area contributed by atoms with Crippen LogP contribution in [0.4, 0.5) is 5.69 Å². The van der Waals surface area contributed by atoms with Gasteiger partial charge in [0.05, 0.1) is 18.6 Å². The highest BCUT2D eigenvalue weighted by molar-refractivity contribution is 9.10. The molecule has 0 radical (unpaired) electrons. The van der Waals surface area contributed by atoms with Crippen LogP contribution in [0.1, 0.15) is 39.2 Å². The Labute approximate surface area is 216 Å². The molecule has 1 N–H and O–H groups in total. The first kappa shape index (κ1) is 28.6. The molecule has 2 aromatic carbocycles. The van der Waals surface area contributed by atoms with Crippen molar-refractivity contribution in [3.8, 4) is 5.75 Å². The maximum absolute atomic E-state index is 13.2. The van der Waals surface area contributed by atoms with Gasteiger partial charge in [0.1, 0.15) is 11.8 Å². The van der Waals surface area contributed by atoms with Crippen LogP contribution in [0.2, 0.25) is 0 Å². The molecular formula is C25H34BrN3O5S. The fourth-order valence-electron chi connectivity index (χ4n) is 3.61. The van der Waals surface area contributed by atoms with Crippen molar-refractivity contribution in [2.24, 2.45) is 0 Å². The minimum atomic E-state index is -3.61. The summed E-state index contributed by atoms with van der Waals surface area (Å²) in [4.78, 5) is 27.3. The van der Waals surface area contributed by atoms with Crippen molar-refractivity contribution in [1.29, 1.82) is 0 Å². The number of ether oxygens (including phenoxy) is 1. The van der Waals surface area contributed by atoms with Crippen LogP contribution in [-0.2, 0) is 26.2 Å². The van der Waals surface area contributed by atoms with Crippen molar-refractivity contribution in [2.75, 3.05) is 30.3 Å². The van der Waals surface area contributed by atoms with Gasteiger partial charge in [0.2, 0.25) is 21.8 Å². The summed E-state index contributed by atoms with van der Waals surface area (Å²) < 4.78 is 32.9. The monoisotopic (exact) mass is 567 g/mol. The zero-order valence-corrected chi connectivity index (χ0v) is 23.1. The fraction of sp³-hybridized carbons (Fsp3) is 0.440. The third-order valence-corrected chi connectivity index (χ3v) is 7.08. The number of rotatable bonds is 13. The number of anilines is 1. The average molecular weight is 569 g/mol. The third kappa shape index (κ3) is 8.54.